The molecular weight excluding hydrogens is 178 g/mol. The summed E-state index contributed by atoms with van der Waals surface area (Å²) in [5, 5.41) is 0. The van der Waals surface area contributed by atoms with Gasteiger partial charge in [-0.25, -0.2) is 0 Å². The Morgan fingerprint density at radius 1 is 1.50 bits per heavy atom. The average molecular weight is 191 g/mol. The molecule has 1 heterocycles. The summed E-state index contributed by atoms with van der Waals surface area (Å²) in [5.41, 5.74) is 2.09. The number of hydrogen-bond acceptors (Lipinski definition) is 2. The van der Waals surface area contributed by atoms with Gasteiger partial charge in [-0.3, -0.25) is 4.79 Å². The smallest absolute Gasteiger partial charge is 0.264 e. The molecular formula is C11H13NO2. The van der Waals surface area contributed by atoms with Crippen molar-refractivity contribution in [3.63, 3.8) is 0 Å². The van der Waals surface area contributed by atoms with Crippen molar-refractivity contribution < 1.29 is 9.53 Å². The topological polar surface area (TPSA) is 29.5 Å². The van der Waals surface area contributed by atoms with Crippen LogP contribution in [0.2, 0.25) is 0 Å². The molecule has 0 spiro atoms. The Morgan fingerprint density at radius 3 is 3.00 bits per heavy atom. The number of benzene rings is 1. The number of fused-ring (bicyclic) bond motifs is 1. The van der Waals surface area contributed by atoms with Gasteiger partial charge in [0.25, 0.3) is 5.91 Å². The van der Waals surface area contributed by atoms with Crippen molar-refractivity contribution in [2.24, 2.45) is 0 Å². The number of rotatable bonds is 1. The Morgan fingerprint density at radius 2 is 2.29 bits per heavy atom. The minimum atomic E-state index is 0.00162. The Balaban J connectivity index is 2.43. The summed E-state index contributed by atoms with van der Waals surface area (Å²) in [6.07, 6.45) is 0.980. The third kappa shape index (κ3) is 1.35. The molecule has 0 radical (unpaired) electrons. The number of nitrogens with zero attached hydrogens (tertiary/aromatic N) is 1. The normalized spacial score (nSPS) is 15.0. The lowest BCUT2D eigenvalue weighted by Crippen LogP contribution is -2.35. The number of likely N-dealkylation sites (N-methyl/N-ethyl adjacent to an activating group) is 1. The fourth-order valence-electron chi connectivity index (χ4n) is 1.54. The molecule has 0 saturated carbocycles. The lowest BCUT2D eigenvalue weighted by molar-refractivity contribution is -0.120. The second-order valence-electron chi connectivity index (χ2n) is 3.40. The highest BCUT2D eigenvalue weighted by atomic mass is 16.5. The second-order valence-corrected chi connectivity index (χ2v) is 3.40. The molecule has 0 fully saturated rings. The highest BCUT2D eigenvalue weighted by Crippen LogP contribution is 2.31. The van der Waals surface area contributed by atoms with E-state index in [0.29, 0.717) is 0 Å². The summed E-state index contributed by atoms with van der Waals surface area (Å²) < 4.78 is 5.36. The largest absolute Gasteiger partial charge is 0.482 e. The van der Waals surface area contributed by atoms with E-state index in [1.165, 1.54) is 5.56 Å². The number of ether oxygens (including phenoxy) is 1. The zero-order valence-corrected chi connectivity index (χ0v) is 8.41. The molecule has 3 nitrogen and oxygen atoms in total. The van der Waals surface area contributed by atoms with Gasteiger partial charge in [0.15, 0.2) is 6.61 Å². The number of amides is 1. The Bertz CT molecular complexity index is 374. The van der Waals surface area contributed by atoms with Crippen LogP contribution in [0, 0.1) is 0 Å². The van der Waals surface area contributed by atoms with Crippen LogP contribution in [-0.4, -0.2) is 19.6 Å². The van der Waals surface area contributed by atoms with Crippen molar-refractivity contribution in [3.05, 3.63) is 23.8 Å². The van der Waals surface area contributed by atoms with E-state index in [2.05, 4.69) is 6.92 Å². The van der Waals surface area contributed by atoms with Crippen LogP contribution in [0.1, 0.15) is 12.5 Å². The average Bonchev–Trinajstić information content (AvgIpc) is 2.23. The van der Waals surface area contributed by atoms with Gasteiger partial charge in [0, 0.05) is 7.05 Å². The summed E-state index contributed by atoms with van der Waals surface area (Å²) in [6, 6.07) is 5.96. The Kier molecular flexibility index (Phi) is 2.15. The number of hydrogen-bond donors (Lipinski definition) is 0. The standard InChI is InChI=1S/C11H13NO2/c1-3-8-4-5-9-10(6-8)14-7-11(13)12(9)2/h4-6H,3,7H2,1-2H3. The van der Waals surface area contributed by atoms with Crippen molar-refractivity contribution in [1.29, 1.82) is 0 Å². The monoisotopic (exact) mass is 191 g/mol. The molecule has 0 saturated heterocycles. The van der Waals surface area contributed by atoms with Crippen molar-refractivity contribution in [2.45, 2.75) is 13.3 Å². The predicted octanol–water partition coefficient (Wildman–Crippen LogP) is 1.60. The molecule has 0 atom stereocenters. The van der Waals surface area contributed by atoms with E-state index in [9.17, 15) is 4.79 Å². The first-order valence-electron chi connectivity index (χ1n) is 4.74. The number of carbonyl (C=O) groups excluding carboxylic acids is 1. The van der Waals surface area contributed by atoms with E-state index in [1.54, 1.807) is 11.9 Å². The van der Waals surface area contributed by atoms with Gasteiger partial charge in [-0.2, -0.15) is 0 Å². The van der Waals surface area contributed by atoms with E-state index < -0.39 is 0 Å². The van der Waals surface area contributed by atoms with Crippen LogP contribution in [0.3, 0.4) is 0 Å². The molecule has 1 amide bonds. The van der Waals surface area contributed by atoms with Gasteiger partial charge in [-0.1, -0.05) is 13.0 Å². The lowest BCUT2D eigenvalue weighted by Gasteiger charge is -2.26. The number of aryl methyl sites for hydroxylation is 1. The van der Waals surface area contributed by atoms with Crippen LogP contribution in [-0.2, 0) is 11.2 Å². The molecule has 1 aliphatic rings. The van der Waals surface area contributed by atoms with Gasteiger partial charge >= 0.3 is 0 Å². The van der Waals surface area contributed by atoms with Crippen LogP contribution in [0.4, 0.5) is 5.69 Å². The maximum Gasteiger partial charge on any atom is 0.264 e. The molecule has 1 aliphatic heterocycles. The lowest BCUT2D eigenvalue weighted by atomic mass is 10.1. The maximum atomic E-state index is 11.3. The van der Waals surface area contributed by atoms with Crippen molar-refractivity contribution in [3.8, 4) is 5.75 Å². The summed E-state index contributed by atoms with van der Waals surface area (Å²) >= 11 is 0. The van der Waals surface area contributed by atoms with Gasteiger partial charge in [-0.05, 0) is 24.1 Å². The van der Waals surface area contributed by atoms with E-state index in [1.807, 2.05) is 18.2 Å². The SMILES string of the molecule is CCc1ccc2c(c1)OCC(=O)N2C. The van der Waals surface area contributed by atoms with Gasteiger partial charge in [0.1, 0.15) is 5.75 Å². The highest BCUT2D eigenvalue weighted by molar-refractivity contribution is 5.97. The molecule has 2 rings (SSSR count). The first kappa shape index (κ1) is 9.06. The van der Waals surface area contributed by atoms with Gasteiger partial charge in [0.05, 0.1) is 5.69 Å². The fourth-order valence-corrected chi connectivity index (χ4v) is 1.54. The Hall–Kier alpha value is -1.51. The minimum Gasteiger partial charge on any atom is -0.482 e. The zero-order chi connectivity index (χ0) is 10.1. The Labute approximate surface area is 83.3 Å². The summed E-state index contributed by atoms with van der Waals surface area (Å²) in [6.45, 7) is 2.25. The van der Waals surface area contributed by atoms with Gasteiger partial charge in [0.2, 0.25) is 0 Å². The van der Waals surface area contributed by atoms with E-state index >= 15 is 0 Å². The molecule has 1 aromatic carbocycles. The predicted molar refractivity (Wildman–Crippen MR) is 54.7 cm³/mol. The van der Waals surface area contributed by atoms with Gasteiger partial charge in [-0.15, -0.1) is 0 Å². The van der Waals surface area contributed by atoms with Crippen LogP contribution in [0.15, 0.2) is 18.2 Å². The zero-order valence-electron chi connectivity index (χ0n) is 8.41. The quantitative estimate of drug-likeness (QED) is 0.674. The third-order valence-electron chi connectivity index (χ3n) is 2.52. The molecule has 1 aromatic rings. The van der Waals surface area contributed by atoms with Crippen molar-refractivity contribution in [1.82, 2.24) is 0 Å². The molecule has 0 aliphatic carbocycles. The molecule has 14 heavy (non-hydrogen) atoms. The molecule has 0 N–H and O–H groups in total. The second kappa shape index (κ2) is 3.33. The third-order valence-corrected chi connectivity index (χ3v) is 2.52. The van der Waals surface area contributed by atoms with Gasteiger partial charge < -0.3 is 9.64 Å². The molecule has 0 aromatic heterocycles. The molecule has 0 bridgehead atoms. The number of anilines is 1. The minimum absolute atomic E-state index is 0.00162. The van der Waals surface area contributed by atoms with Crippen LogP contribution in [0.5, 0.6) is 5.75 Å². The van der Waals surface area contributed by atoms with Crippen molar-refractivity contribution in [2.75, 3.05) is 18.6 Å². The first-order valence-corrected chi connectivity index (χ1v) is 4.74. The molecule has 3 heteroatoms. The molecule has 0 unspecified atom stereocenters. The summed E-state index contributed by atoms with van der Waals surface area (Å²) in [4.78, 5) is 12.9. The van der Waals surface area contributed by atoms with Crippen LogP contribution >= 0.6 is 0 Å². The summed E-state index contributed by atoms with van der Waals surface area (Å²) in [7, 11) is 1.77. The fraction of sp³-hybridized carbons (Fsp3) is 0.364. The van der Waals surface area contributed by atoms with Crippen LogP contribution < -0.4 is 9.64 Å². The van der Waals surface area contributed by atoms with E-state index in [0.717, 1.165) is 17.9 Å². The van der Waals surface area contributed by atoms with E-state index in [-0.39, 0.29) is 12.5 Å². The highest BCUT2D eigenvalue weighted by Gasteiger charge is 2.21. The maximum absolute atomic E-state index is 11.3. The van der Waals surface area contributed by atoms with E-state index in [4.69, 9.17) is 4.74 Å². The number of carbonyl (C=O) groups is 1. The summed E-state index contributed by atoms with van der Waals surface area (Å²) in [5.74, 6) is 0.813. The van der Waals surface area contributed by atoms with Crippen molar-refractivity contribution >= 4 is 11.6 Å². The first-order chi connectivity index (χ1) is 6.72. The van der Waals surface area contributed by atoms with Crippen LogP contribution in [0.25, 0.3) is 0 Å². The molecule has 74 valence electrons.